The molecule has 0 radical (unpaired) electrons. The molecule has 6 heteroatoms. The molecule has 2 unspecified atom stereocenters. The number of rotatable bonds is 11. The summed E-state index contributed by atoms with van der Waals surface area (Å²) in [4.78, 5) is 15.0. The topological polar surface area (TPSA) is 62.3 Å². The Balaban J connectivity index is 1.88. The van der Waals surface area contributed by atoms with Crippen LogP contribution < -0.4 is 31.8 Å². The van der Waals surface area contributed by atoms with Gasteiger partial charge in [0.2, 0.25) is 0 Å². The third-order valence-corrected chi connectivity index (χ3v) is 4.90. The molecule has 5 nitrogen and oxygen atoms in total. The molecule has 2 N–H and O–H groups in total. The molecule has 0 aromatic heterocycles. The fourth-order valence-electron chi connectivity index (χ4n) is 1.89. The van der Waals surface area contributed by atoms with Crippen molar-refractivity contribution in [1.29, 1.82) is 0 Å². The van der Waals surface area contributed by atoms with Gasteiger partial charge in [-0.2, -0.15) is 0 Å². The zero-order valence-electron chi connectivity index (χ0n) is 11.5. The molecule has 2 heterocycles. The first-order valence-corrected chi connectivity index (χ1v) is 10.6. The molecule has 2 rings (SSSR count). The summed E-state index contributed by atoms with van der Waals surface area (Å²) >= 11 is 0.376. The number of halogens is 1. The molecule has 2 atom stereocenters. The van der Waals surface area contributed by atoms with Gasteiger partial charge in [0.15, 0.2) is 0 Å². The maximum absolute atomic E-state index is 6.12. The normalized spacial score (nSPS) is 29.2. The second-order valence-electron chi connectivity index (χ2n) is 4.93. The van der Waals surface area contributed by atoms with Gasteiger partial charge in [0, 0.05) is 0 Å². The first kappa shape index (κ1) is 14.9. The molecule has 2 aliphatic rings. The molecule has 0 aromatic carbocycles. The van der Waals surface area contributed by atoms with Crippen molar-refractivity contribution in [3.8, 4) is 0 Å². The van der Waals surface area contributed by atoms with Crippen molar-refractivity contribution in [2.45, 2.75) is 38.6 Å². The van der Waals surface area contributed by atoms with Crippen LogP contribution in [-0.2, 0) is 9.68 Å². The summed E-state index contributed by atoms with van der Waals surface area (Å²) in [5.41, 5.74) is 0. The Bertz CT molecular complexity index is 233. The SMILES string of the molecule is CCCC[N+](CCC[I-]C)(OC1CN1)OC1CN1. The van der Waals surface area contributed by atoms with Crippen molar-refractivity contribution in [3.63, 3.8) is 0 Å². The van der Waals surface area contributed by atoms with Crippen molar-refractivity contribution in [2.24, 2.45) is 0 Å². The second kappa shape index (κ2) is 7.35. The molecule has 18 heavy (non-hydrogen) atoms. The van der Waals surface area contributed by atoms with E-state index in [-0.39, 0.29) is 12.5 Å². The molecule has 0 bridgehead atoms. The van der Waals surface area contributed by atoms with Gasteiger partial charge in [-0.3, -0.25) is 0 Å². The van der Waals surface area contributed by atoms with Gasteiger partial charge in [-0.15, -0.1) is 0 Å². The Kier molecular flexibility index (Phi) is 6.10. The number of unbranched alkanes of at least 4 members (excludes halogenated alkanes) is 1. The first-order valence-electron chi connectivity index (χ1n) is 6.92. The molecule has 0 aromatic rings. The van der Waals surface area contributed by atoms with Crippen LogP contribution in [0.1, 0.15) is 26.2 Å². The van der Waals surface area contributed by atoms with E-state index in [0.717, 1.165) is 32.6 Å². The fourth-order valence-corrected chi connectivity index (χ4v) is 2.99. The van der Waals surface area contributed by atoms with Crippen LogP contribution in [0.3, 0.4) is 0 Å². The molecular formula is C12H26IN3O2. The van der Waals surface area contributed by atoms with Crippen LogP contribution in [0.4, 0.5) is 0 Å². The van der Waals surface area contributed by atoms with E-state index in [9.17, 15) is 0 Å². The molecule has 2 fully saturated rings. The van der Waals surface area contributed by atoms with Crippen molar-refractivity contribution in [3.05, 3.63) is 0 Å². The summed E-state index contributed by atoms with van der Waals surface area (Å²) in [7, 11) is 0. The summed E-state index contributed by atoms with van der Waals surface area (Å²) in [5, 5.41) is 6.44. The summed E-state index contributed by atoms with van der Waals surface area (Å²) in [6.07, 6.45) is 3.96. The zero-order chi connectivity index (χ0) is 12.8. The molecule has 2 aliphatic heterocycles. The predicted octanol–water partition coefficient (Wildman–Crippen LogP) is -2.57. The minimum atomic E-state index is 0.205. The first-order chi connectivity index (χ1) is 8.78. The molecule has 0 aliphatic carbocycles. The number of alkyl halides is 2. The predicted molar refractivity (Wildman–Crippen MR) is 66.1 cm³/mol. The van der Waals surface area contributed by atoms with E-state index in [0.29, 0.717) is 26.0 Å². The van der Waals surface area contributed by atoms with Gasteiger partial charge in [-0.25, -0.2) is 0 Å². The monoisotopic (exact) mass is 371 g/mol. The minimum absolute atomic E-state index is 0.205. The average Bonchev–Trinajstić information content (AvgIpc) is 3.24. The molecular weight excluding hydrogens is 345 g/mol. The molecule has 108 valence electrons. The van der Waals surface area contributed by atoms with Crippen LogP contribution in [-0.4, -0.2) is 52.8 Å². The standard InChI is InChI=1S/C12H26IN3O2/c1-3-4-7-16(8-5-6-13-2,17-11-9-14-11)18-12-10-15-12/h11-12,14-15H,3-10H2,1-2H3. The number of quaternary nitrogens is 1. The van der Waals surface area contributed by atoms with E-state index in [2.05, 4.69) is 22.5 Å². The molecule has 2 saturated heterocycles. The van der Waals surface area contributed by atoms with Gasteiger partial charge in [0.05, 0.1) is 0 Å². The van der Waals surface area contributed by atoms with Gasteiger partial charge < -0.3 is 0 Å². The fraction of sp³-hybridized carbons (Fsp3) is 1.00. The third kappa shape index (κ3) is 5.26. The molecule has 0 saturated carbocycles. The number of hydrogen-bond donors (Lipinski definition) is 2. The van der Waals surface area contributed by atoms with E-state index in [1.807, 2.05) is 0 Å². The van der Waals surface area contributed by atoms with Crippen molar-refractivity contribution < 1.29 is 35.7 Å². The van der Waals surface area contributed by atoms with E-state index < -0.39 is 0 Å². The van der Waals surface area contributed by atoms with E-state index in [1.165, 1.54) is 17.3 Å². The van der Waals surface area contributed by atoms with E-state index in [1.54, 1.807) is 0 Å². The van der Waals surface area contributed by atoms with Crippen molar-refractivity contribution >= 4 is 0 Å². The van der Waals surface area contributed by atoms with Crippen LogP contribution in [0.25, 0.3) is 0 Å². The van der Waals surface area contributed by atoms with Crippen LogP contribution in [0, 0.1) is 0 Å². The maximum atomic E-state index is 6.12. The van der Waals surface area contributed by atoms with Gasteiger partial charge >= 0.3 is 121 Å². The van der Waals surface area contributed by atoms with Crippen LogP contribution >= 0.6 is 0 Å². The van der Waals surface area contributed by atoms with Gasteiger partial charge in [-0.05, 0) is 0 Å². The van der Waals surface area contributed by atoms with Crippen LogP contribution in [0.5, 0.6) is 0 Å². The average molecular weight is 371 g/mol. The second-order valence-corrected chi connectivity index (χ2v) is 7.53. The van der Waals surface area contributed by atoms with Gasteiger partial charge in [0.1, 0.15) is 0 Å². The van der Waals surface area contributed by atoms with Crippen LogP contribution in [0.2, 0.25) is 0 Å². The number of hydrogen-bond acceptors (Lipinski definition) is 4. The summed E-state index contributed by atoms with van der Waals surface area (Å²) in [5.74, 6) is 0. The number of hydroxylamine groups is 4. The van der Waals surface area contributed by atoms with E-state index >= 15 is 0 Å². The van der Waals surface area contributed by atoms with Crippen LogP contribution in [0.15, 0.2) is 0 Å². The van der Waals surface area contributed by atoms with Crippen molar-refractivity contribution in [1.82, 2.24) is 10.6 Å². The Morgan fingerprint density at radius 3 is 2.11 bits per heavy atom. The van der Waals surface area contributed by atoms with Gasteiger partial charge in [-0.1, -0.05) is 0 Å². The summed E-state index contributed by atoms with van der Waals surface area (Å²) < 4.78 is 1.36. The number of nitrogens with zero attached hydrogens (tertiary/aromatic N) is 1. The Morgan fingerprint density at radius 2 is 1.67 bits per heavy atom. The Labute approximate surface area is 120 Å². The summed E-state index contributed by atoms with van der Waals surface area (Å²) in [6, 6.07) is 0. The van der Waals surface area contributed by atoms with Crippen molar-refractivity contribution in [2.75, 3.05) is 35.5 Å². The molecule has 0 spiro atoms. The number of nitrogens with one attached hydrogen (secondary N) is 2. The summed E-state index contributed by atoms with van der Waals surface area (Å²) in [6.45, 7) is 6.11. The Hall–Kier alpha value is 0.530. The quantitative estimate of drug-likeness (QED) is 0.105. The van der Waals surface area contributed by atoms with Gasteiger partial charge in [0.25, 0.3) is 0 Å². The Morgan fingerprint density at radius 1 is 1.11 bits per heavy atom. The zero-order valence-corrected chi connectivity index (χ0v) is 13.6. The third-order valence-electron chi connectivity index (χ3n) is 3.05. The molecule has 0 amide bonds. The van der Waals surface area contributed by atoms with E-state index in [4.69, 9.17) is 9.68 Å².